The third-order valence-electron chi connectivity index (χ3n) is 4.82. The number of esters is 1. The Bertz CT molecular complexity index is 1080. The van der Waals surface area contributed by atoms with E-state index in [9.17, 15) is 9.90 Å². The molecule has 0 spiro atoms. The molecule has 1 aromatic heterocycles. The lowest BCUT2D eigenvalue weighted by molar-refractivity contribution is -0.143. The highest BCUT2D eigenvalue weighted by atomic mass is 32.1. The van der Waals surface area contributed by atoms with Gasteiger partial charge in [-0.25, -0.2) is 0 Å². The number of phenolic OH excluding ortho intramolecular Hbond substituents is 1. The molecule has 6 heteroatoms. The molecule has 0 aliphatic rings. The predicted octanol–water partition coefficient (Wildman–Crippen LogP) is 5.16. The van der Waals surface area contributed by atoms with Crippen LogP contribution in [-0.2, 0) is 28.8 Å². The average Bonchev–Trinajstić information content (AvgIpc) is 3.15. The van der Waals surface area contributed by atoms with Gasteiger partial charge in [0, 0.05) is 16.0 Å². The fraction of sp³-hybridized carbons (Fsp3) is 0.333. The molecule has 0 unspecified atom stereocenters. The Hall–Kier alpha value is -3.04. The van der Waals surface area contributed by atoms with E-state index in [2.05, 4.69) is 12.1 Å². The van der Waals surface area contributed by atoms with Crippen molar-refractivity contribution >= 4 is 27.4 Å². The van der Waals surface area contributed by atoms with Crippen molar-refractivity contribution in [1.29, 1.82) is 5.26 Å². The van der Waals surface area contributed by atoms with Crippen LogP contribution in [-0.4, -0.2) is 24.3 Å². The summed E-state index contributed by atoms with van der Waals surface area (Å²) in [5.41, 5.74) is 2.64. The highest BCUT2D eigenvalue weighted by Gasteiger charge is 2.13. The summed E-state index contributed by atoms with van der Waals surface area (Å²) < 4.78 is 11.7. The van der Waals surface area contributed by atoms with E-state index in [1.165, 1.54) is 4.88 Å². The van der Waals surface area contributed by atoms with E-state index in [1.807, 2.05) is 31.2 Å². The van der Waals surface area contributed by atoms with Crippen molar-refractivity contribution in [2.24, 2.45) is 0 Å². The van der Waals surface area contributed by atoms with Crippen molar-refractivity contribution in [2.75, 3.05) is 13.2 Å². The molecule has 0 atom stereocenters. The zero-order chi connectivity index (χ0) is 21.5. The van der Waals surface area contributed by atoms with Crippen molar-refractivity contribution in [3.05, 3.63) is 58.0 Å². The smallest absolute Gasteiger partial charge is 0.306 e. The molecule has 1 N–H and O–H groups in total. The lowest BCUT2D eigenvalue weighted by Crippen LogP contribution is -2.07. The molecule has 5 nitrogen and oxygen atoms in total. The van der Waals surface area contributed by atoms with E-state index in [0.717, 1.165) is 34.1 Å². The van der Waals surface area contributed by atoms with Gasteiger partial charge in [0.25, 0.3) is 0 Å². The summed E-state index contributed by atoms with van der Waals surface area (Å²) in [6.45, 7) is 4.49. The van der Waals surface area contributed by atoms with Crippen LogP contribution in [0.4, 0.5) is 0 Å². The second kappa shape index (κ2) is 10.1. The van der Waals surface area contributed by atoms with E-state index in [0.29, 0.717) is 30.9 Å². The van der Waals surface area contributed by atoms with Gasteiger partial charge in [-0.15, -0.1) is 11.3 Å². The Kier molecular flexibility index (Phi) is 7.31. The number of ether oxygens (including phenoxy) is 2. The Morgan fingerprint density at radius 3 is 2.60 bits per heavy atom. The number of thiophene rings is 1. The second-order valence-corrected chi connectivity index (χ2v) is 8.07. The van der Waals surface area contributed by atoms with Crippen molar-refractivity contribution in [3.8, 4) is 17.6 Å². The molecule has 0 fully saturated rings. The Balaban J connectivity index is 1.80. The largest absolute Gasteiger partial charge is 0.504 e. The number of nitrogens with zero attached hydrogens (tertiary/aromatic N) is 1. The molecule has 0 aliphatic carbocycles. The number of carbonyl (C=O) groups is 1. The molecule has 156 valence electrons. The molecule has 0 bridgehead atoms. The summed E-state index contributed by atoms with van der Waals surface area (Å²) in [5.74, 6) is 0.308. The number of hydrogen-bond acceptors (Lipinski definition) is 6. The highest BCUT2D eigenvalue weighted by molar-refractivity contribution is 7.19. The summed E-state index contributed by atoms with van der Waals surface area (Å²) in [7, 11) is 0. The number of fused-ring (bicyclic) bond motifs is 1. The molecular weight excluding hydrogens is 398 g/mol. The van der Waals surface area contributed by atoms with Crippen molar-refractivity contribution < 1.29 is 19.4 Å². The van der Waals surface area contributed by atoms with Gasteiger partial charge in [0.05, 0.1) is 24.8 Å². The van der Waals surface area contributed by atoms with Crippen LogP contribution in [0.3, 0.4) is 0 Å². The fourth-order valence-corrected chi connectivity index (χ4v) is 4.45. The number of aryl methyl sites for hydroxylation is 3. The maximum absolute atomic E-state index is 11.8. The standard InChI is InChI=1S/C24H25NO4S/c1-3-28-22-14-18(17(13-21(22)26)7-10-24(27)29-4-2)6-8-20-12-19-11-16(15-25)5-9-23(19)30-20/h5,9,11-14,26H,3-4,6-8,10H2,1-2H3. The van der Waals surface area contributed by atoms with Crippen LogP contribution in [0.5, 0.6) is 11.5 Å². The molecule has 0 amide bonds. The lowest BCUT2D eigenvalue weighted by atomic mass is 9.97. The van der Waals surface area contributed by atoms with Crippen LogP contribution < -0.4 is 4.74 Å². The van der Waals surface area contributed by atoms with E-state index in [-0.39, 0.29) is 18.1 Å². The number of benzene rings is 2. The number of carbonyl (C=O) groups excluding carboxylic acids is 1. The van der Waals surface area contributed by atoms with Gasteiger partial charge in [-0.1, -0.05) is 0 Å². The van der Waals surface area contributed by atoms with Gasteiger partial charge in [-0.2, -0.15) is 5.26 Å². The number of aromatic hydroxyl groups is 1. The minimum atomic E-state index is -0.241. The number of phenols is 1. The van der Waals surface area contributed by atoms with Crippen molar-refractivity contribution in [2.45, 2.75) is 39.5 Å². The Morgan fingerprint density at radius 2 is 1.87 bits per heavy atom. The minimum Gasteiger partial charge on any atom is -0.504 e. The van der Waals surface area contributed by atoms with E-state index < -0.39 is 0 Å². The zero-order valence-corrected chi connectivity index (χ0v) is 18.1. The molecular formula is C24H25NO4S. The maximum Gasteiger partial charge on any atom is 0.306 e. The molecule has 30 heavy (non-hydrogen) atoms. The van der Waals surface area contributed by atoms with Gasteiger partial charge in [0.2, 0.25) is 0 Å². The summed E-state index contributed by atoms with van der Waals surface area (Å²) in [6, 6.07) is 13.6. The predicted molar refractivity (Wildman–Crippen MR) is 118 cm³/mol. The summed E-state index contributed by atoms with van der Waals surface area (Å²) in [6.07, 6.45) is 2.36. The number of nitriles is 1. The van der Waals surface area contributed by atoms with E-state index in [4.69, 9.17) is 14.7 Å². The molecule has 0 aliphatic heterocycles. The van der Waals surface area contributed by atoms with Gasteiger partial charge in [0.1, 0.15) is 0 Å². The molecule has 1 heterocycles. The van der Waals surface area contributed by atoms with Crippen LogP contribution >= 0.6 is 11.3 Å². The first-order chi connectivity index (χ1) is 14.5. The average molecular weight is 424 g/mol. The number of hydrogen-bond donors (Lipinski definition) is 1. The molecule has 3 rings (SSSR count). The first-order valence-corrected chi connectivity index (χ1v) is 10.9. The van der Waals surface area contributed by atoms with Gasteiger partial charge in [0.15, 0.2) is 11.5 Å². The normalized spacial score (nSPS) is 10.7. The summed E-state index contributed by atoms with van der Waals surface area (Å²) in [4.78, 5) is 13.0. The quantitative estimate of drug-likeness (QED) is 0.481. The third-order valence-corrected chi connectivity index (χ3v) is 6.00. The first-order valence-electron chi connectivity index (χ1n) is 10.1. The van der Waals surface area contributed by atoms with Crippen LogP contribution in [0.15, 0.2) is 36.4 Å². The third kappa shape index (κ3) is 5.31. The van der Waals surface area contributed by atoms with E-state index >= 15 is 0 Å². The van der Waals surface area contributed by atoms with Crippen LogP contribution in [0.25, 0.3) is 10.1 Å². The molecule has 0 saturated carbocycles. The first kappa shape index (κ1) is 21.7. The molecule has 2 aromatic carbocycles. The zero-order valence-electron chi connectivity index (χ0n) is 17.2. The van der Waals surface area contributed by atoms with Crippen LogP contribution in [0, 0.1) is 11.3 Å². The van der Waals surface area contributed by atoms with Gasteiger partial charge in [-0.05, 0) is 86.0 Å². The molecule has 0 saturated heterocycles. The maximum atomic E-state index is 11.8. The number of rotatable bonds is 9. The monoisotopic (exact) mass is 423 g/mol. The topological polar surface area (TPSA) is 79.6 Å². The summed E-state index contributed by atoms with van der Waals surface area (Å²) in [5, 5.41) is 20.5. The highest BCUT2D eigenvalue weighted by Crippen LogP contribution is 2.33. The minimum absolute atomic E-state index is 0.0883. The molecule has 3 aromatic rings. The van der Waals surface area contributed by atoms with Gasteiger partial charge in [-0.3, -0.25) is 4.79 Å². The van der Waals surface area contributed by atoms with Gasteiger partial charge < -0.3 is 14.6 Å². The molecule has 0 radical (unpaired) electrons. The van der Waals surface area contributed by atoms with Crippen LogP contribution in [0.1, 0.15) is 41.8 Å². The summed E-state index contributed by atoms with van der Waals surface area (Å²) >= 11 is 1.72. The lowest BCUT2D eigenvalue weighted by Gasteiger charge is -2.14. The Morgan fingerprint density at radius 1 is 1.07 bits per heavy atom. The fourth-order valence-electron chi connectivity index (χ4n) is 3.41. The van der Waals surface area contributed by atoms with Crippen molar-refractivity contribution in [1.82, 2.24) is 0 Å². The van der Waals surface area contributed by atoms with E-state index in [1.54, 1.807) is 24.3 Å². The van der Waals surface area contributed by atoms with Gasteiger partial charge >= 0.3 is 5.97 Å². The SMILES string of the molecule is CCOC(=O)CCc1cc(O)c(OCC)cc1CCc1cc2cc(C#N)ccc2s1. The second-order valence-electron chi connectivity index (χ2n) is 6.90. The van der Waals surface area contributed by atoms with Crippen molar-refractivity contribution in [3.63, 3.8) is 0 Å². The van der Waals surface area contributed by atoms with Crippen LogP contribution in [0.2, 0.25) is 0 Å². The Labute approximate surface area is 180 Å².